The van der Waals surface area contributed by atoms with Gasteiger partial charge in [-0.1, -0.05) is 29.5 Å². The highest BCUT2D eigenvalue weighted by Gasteiger charge is 2.41. The highest BCUT2D eigenvalue weighted by Crippen LogP contribution is 2.32. The normalized spacial score (nSPS) is 18.5. The molecule has 5 rings (SSSR count). The van der Waals surface area contributed by atoms with Crippen LogP contribution >= 0.6 is 11.3 Å². The highest BCUT2D eigenvalue weighted by molar-refractivity contribution is 7.22. The lowest BCUT2D eigenvalue weighted by Gasteiger charge is -2.36. The number of piperidine rings is 1. The molecule has 0 unspecified atom stereocenters. The van der Waals surface area contributed by atoms with Gasteiger partial charge >= 0.3 is 6.03 Å². The van der Waals surface area contributed by atoms with Crippen molar-refractivity contribution in [1.82, 2.24) is 14.9 Å². The molecule has 4 heterocycles. The van der Waals surface area contributed by atoms with E-state index in [2.05, 4.69) is 14.9 Å². The number of pyridine rings is 1. The van der Waals surface area contributed by atoms with Crippen LogP contribution in [0.3, 0.4) is 0 Å². The van der Waals surface area contributed by atoms with E-state index in [-0.39, 0.29) is 24.5 Å². The first-order chi connectivity index (χ1) is 13.7. The number of anilines is 2. The number of carbonyl (C=O) groups excluding carboxylic acids is 2. The number of fused-ring (bicyclic) bond motifs is 1. The van der Waals surface area contributed by atoms with E-state index in [4.69, 9.17) is 0 Å². The summed E-state index contributed by atoms with van der Waals surface area (Å²) in [6.45, 7) is 1.80. The third-order valence-corrected chi connectivity index (χ3v) is 6.46. The van der Waals surface area contributed by atoms with Crippen LogP contribution in [0.5, 0.6) is 0 Å². The Kier molecular flexibility index (Phi) is 4.20. The molecule has 0 atom stereocenters. The first kappa shape index (κ1) is 17.1. The molecule has 142 valence electrons. The lowest BCUT2D eigenvalue weighted by atomic mass is 10.0. The number of amides is 3. The van der Waals surface area contributed by atoms with Crippen LogP contribution < -0.4 is 9.80 Å². The molecule has 2 aliphatic rings. The first-order valence-electron chi connectivity index (χ1n) is 9.35. The summed E-state index contributed by atoms with van der Waals surface area (Å²) in [5.74, 6) is -0.155. The maximum atomic E-state index is 12.9. The van der Waals surface area contributed by atoms with Crippen LogP contribution in [0, 0.1) is 0 Å². The molecule has 0 bridgehead atoms. The molecular formula is C20H19N5O2S. The minimum absolute atomic E-state index is 0.0810. The Morgan fingerprint density at radius 1 is 1.04 bits per heavy atom. The molecule has 0 saturated carbocycles. The summed E-state index contributed by atoms with van der Waals surface area (Å²) in [5, 5.41) is 0.996. The Morgan fingerprint density at radius 3 is 2.57 bits per heavy atom. The van der Waals surface area contributed by atoms with Gasteiger partial charge in [-0.3, -0.25) is 9.78 Å². The second-order valence-electron chi connectivity index (χ2n) is 7.03. The summed E-state index contributed by atoms with van der Waals surface area (Å²) >= 11 is 1.67. The molecule has 2 aliphatic heterocycles. The summed E-state index contributed by atoms with van der Waals surface area (Å²) in [4.78, 5) is 39.4. The Bertz CT molecular complexity index is 996. The van der Waals surface area contributed by atoms with Gasteiger partial charge in [0.25, 0.3) is 5.91 Å². The van der Waals surface area contributed by atoms with Crippen LogP contribution in [-0.4, -0.2) is 52.5 Å². The van der Waals surface area contributed by atoms with E-state index in [1.807, 2.05) is 24.3 Å². The summed E-state index contributed by atoms with van der Waals surface area (Å²) in [6.07, 6.45) is 5.23. The molecule has 8 heteroatoms. The summed E-state index contributed by atoms with van der Waals surface area (Å²) in [5.41, 5.74) is 1.56. The van der Waals surface area contributed by atoms with E-state index in [0.29, 0.717) is 5.69 Å². The average molecular weight is 393 g/mol. The molecule has 2 aromatic heterocycles. The van der Waals surface area contributed by atoms with Crippen molar-refractivity contribution in [3.8, 4) is 0 Å². The fourth-order valence-corrected chi connectivity index (χ4v) is 4.89. The number of hydrogen-bond acceptors (Lipinski definition) is 6. The molecule has 0 spiro atoms. The van der Waals surface area contributed by atoms with E-state index in [9.17, 15) is 9.59 Å². The van der Waals surface area contributed by atoms with E-state index in [0.717, 1.165) is 41.3 Å². The molecule has 7 nitrogen and oxygen atoms in total. The lowest BCUT2D eigenvalue weighted by molar-refractivity contribution is -0.116. The quantitative estimate of drug-likeness (QED) is 0.640. The van der Waals surface area contributed by atoms with Gasteiger partial charge in [0.15, 0.2) is 5.13 Å². The number of hydrogen-bond donors (Lipinski definition) is 0. The van der Waals surface area contributed by atoms with Gasteiger partial charge in [-0.15, -0.1) is 0 Å². The molecule has 28 heavy (non-hydrogen) atoms. The van der Waals surface area contributed by atoms with E-state index >= 15 is 0 Å². The third kappa shape index (κ3) is 2.90. The SMILES string of the molecule is O=C1CN(C2CCN(c3nc4cnccc4s3)CC2)C(=O)N1c1ccccc1. The predicted octanol–water partition coefficient (Wildman–Crippen LogP) is 3.13. The van der Waals surface area contributed by atoms with Gasteiger partial charge in [0, 0.05) is 25.3 Å². The number of para-hydroxylation sites is 1. The maximum Gasteiger partial charge on any atom is 0.332 e. The molecule has 0 N–H and O–H groups in total. The van der Waals surface area contributed by atoms with E-state index in [1.54, 1.807) is 40.8 Å². The Labute approximate surface area is 166 Å². The van der Waals surface area contributed by atoms with Gasteiger partial charge in [0.1, 0.15) is 12.1 Å². The minimum atomic E-state index is -0.208. The molecule has 2 fully saturated rings. The third-order valence-electron chi connectivity index (χ3n) is 5.36. The molecule has 2 saturated heterocycles. The number of carbonyl (C=O) groups is 2. The van der Waals surface area contributed by atoms with Crippen molar-refractivity contribution < 1.29 is 9.59 Å². The fraction of sp³-hybridized carbons (Fsp3) is 0.300. The standard InChI is InChI=1S/C20H19N5O2S/c26-18-13-24(20(27)25(18)15-4-2-1-3-5-15)14-7-10-23(11-8-14)19-22-16-12-21-9-6-17(16)28-19/h1-6,9,12,14H,7-8,10-11,13H2. The predicted molar refractivity (Wildman–Crippen MR) is 109 cm³/mol. The molecule has 1 aromatic carbocycles. The Hall–Kier alpha value is -3.00. The van der Waals surface area contributed by atoms with Crippen molar-refractivity contribution >= 4 is 44.3 Å². The van der Waals surface area contributed by atoms with Crippen LogP contribution in [0.25, 0.3) is 10.2 Å². The number of nitrogens with zero attached hydrogens (tertiary/aromatic N) is 5. The van der Waals surface area contributed by atoms with Gasteiger partial charge in [-0.25, -0.2) is 14.7 Å². The zero-order chi connectivity index (χ0) is 19.1. The van der Waals surface area contributed by atoms with Crippen LogP contribution in [0.1, 0.15) is 12.8 Å². The number of rotatable bonds is 3. The van der Waals surface area contributed by atoms with Crippen molar-refractivity contribution in [1.29, 1.82) is 0 Å². The Morgan fingerprint density at radius 2 is 1.82 bits per heavy atom. The van der Waals surface area contributed by atoms with Gasteiger partial charge in [-0.2, -0.15) is 0 Å². The van der Waals surface area contributed by atoms with Crippen molar-refractivity contribution in [3.05, 3.63) is 48.8 Å². The van der Waals surface area contributed by atoms with Crippen LogP contribution in [0.2, 0.25) is 0 Å². The largest absolute Gasteiger partial charge is 0.348 e. The average Bonchev–Trinajstić information content (AvgIpc) is 3.29. The zero-order valence-electron chi connectivity index (χ0n) is 15.2. The van der Waals surface area contributed by atoms with E-state index < -0.39 is 0 Å². The second-order valence-corrected chi connectivity index (χ2v) is 8.04. The number of urea groups is 1. The molecule has 3 aromatic rings. The lowest BCUT2D eigenvalue weighted by Crippen LogP contribution is -2.46. The van der Waals surface area contributed by atoms with E-state index in [1.165, 1.54) is 4.90 Å². The highest BCUT2D eigenvalue weighted by atomic mass is 32.1. The van der Waals surface area contributed by atoms with Crippen LogP contribution in [-0.2, 0) is 4.79 Å². The fourth-order valence-electron chi connectivity index (χ4n) is 3.91. The maximum absolute atomic E-state index is 12.9. The number of imide groups is 1. The molecule has 3 amide bonds. The van der Waals surface area contributed by atoms with Crippen LogP contribution in [0.15, 0.2) is 48.8 Å². The second kappa shape index (κ2) is 6.87. The van der Waals surface area contributed by atoms with Gasteiger partial charge in [0.05, 0.1) is 16.6 Å². The van der Waals surface area contributed by atoms with Crippen molar-refractivity contribution in [3.63, 3.8) is 0 Å². The first-order valence-corrected chi connectivity index (χ1v) is 10.2. The zero-order valence-corrected chi connectivity index (χ0v) is 16.0. The topological polar surface area (TPSA) is 69.6 Å². The smallest absolute Gasteiger partial charge is 0.332 e. The number of thiazole rings is 1. The van der Waals surface area contributed by atoms with Crippen molar-refractivity contribution in [2.75, 3.05) is 29.4 Å². The van der Waals surface area contributed by atoms with Gasteiger partial charge in [0.2, 0.25) is 0 Å². The summed E-state index contributed by atoms with van der Waals surface area (Å²) in [6, 6.07) is 11.0. The van der Waals surface area contributed by atoms with Gasteiger partial charge < -0.3 is 9.80 Å². The summed E-state index contributed by atoms with van der Waals surface area (Å²) in [7, 11) is 0. The monoisotopic (exact) mass is 393 g/mol. The molecule has 0 radical (unpaired) electrons. The Balaban J connectivity index is 1.28. The van der Waals surface area contributed by atoms with Crippen molar-refractivity contribution in [2.24, 2.45) is 0 Å². The number of aromatic nitrogens is 2. The van der Waals surface area contributed by atoms with Crippen LogP contribution in [0.4, 0.5) is 15.6 Å². The van der Waals surface area contributed by atoms with Gasteiger partial charge in [-0.05, 0) is 31.0 Å². The molecule has 0 aliphatic carbocycles. The number of benzene rings is 1. The summed E-state index contributed by atoms with van der Waals surface area (Å²) < 4.78 is 1.13. The minimum Gasteiger partial charge on any atom is -0.348 e. The van der Waals surface area contributed by atoms with Crippen molar-refractivity contribution in [2.45, 2.75) is 18.9 Å². The molecular weight excluding hydrogens is 374 g/mol.